The van der Waals surface area contributed by atoms with E-state index in [1.165, 1.54) is 13.5 Å². The molecule has 0 aromatic carbocycles. The van der Waals surface area contributed by atoms with E-state index in [-0.39, 0.29) is 30.3 Å². The molecule has 0 spiro atoms. The van der Waals surface area contributed by atoms with Gasteiger partial charge in [-0.25, -0.2) is 4.79 Å². The van der Waals surface area contributed by atoms with Gasteiger partial charge in [0.25, 0.3) is 0 Å². The number of methoxy groups -OCH3 is 1. The Bertz CT molecular complexity index is 646. The van der Waals surface area contributed by atoms with Crippen molar-refractivity contribution < 1.29 is 19.1 Å². The van der Waals surface area contributed by atoms with E-state index >= 15 is 0 Å². The second kappa shape index (κ2) is 11.7. The quantitative estimate of drug-likeness (QED) is 0.231. The summed E-state index contributed by atoms with van der Waals surface area (Å²) in [4.78, 5) is 32.2. The van der Waals surface area contributed by atoms with Gasteiger partial charge in [0.15, 0.2) is 12.2 Å². The topological polar surface area (TPSA) is 115 Å². The van der Waals surface area contributed by atoms with Crippen molar-refractivity contribution >= 4 is 18.0 Å². The Balaban J connectivity index is 1.34. The van der Waals surface area contributed by atoms with Gasteiger partial charge in [0, 0.05) is 52.4 Å². The van der Waals surface area contributed by atoms with Gasteiger partial charge in [0.2, 0.25) is 0 Å². The summed E-state index contributed by atoms with van der Waals surface area (Å²) in [5.41, 5.74) is 5.57. The van der Waals surface area contributed by atoms with Crippen LogP contribution in [0.25, 0.3) is 0 Å². The Morgan fingerprint density at radius 3 is 2.44 bits per heavy atom. The molecule has 0 aromatic rings. The van der Waals surface area contributed by atoms with Crippen LogP contribution in [0.2, 0.25) is 0 Å². The van der Waals surface area contributed by atoms with Gasteiger partial charge in [0.05, 0.1) is 19.6 Å². The van der Waals surface area contributed by atoms with Gasteiger partial charge >= 0.3 is 12.1 Å². The number of unbranched alkanes of at least 4 members (excludes halogenated alkanes) is 1. The molecular formula is C22H40N6O4. The van der Waals surface area contributed by atoms with Crippen LogP contribution in [0.4, 0.5) is 4.79 Å². The Morgan fingerprint density at radius 1 is 1.12 bits per heavy atom. The van der Waals surface area contributed by atoms with Crippen LogP contribution in [0.15, 0.2) is 0 Å². The maximum atomic E-state index is 12.5. The Kier molecular flexibility index (Phi) is 8.98. The number of carbonyl (C=O) groups is 2. The molecule has 3 aliphatic rings. The fraction of sp³-hybridized carbons (Fsp3) is 0.864. The van der Waals surface area contributed by atoms with Crippen LogP contribution >= 0.6 is 0 Å². The molecule has 3 fully saturated rings. The third-order valence-corrected chi connectivity index (χ3v) is 7.20. The summed E-state index contributed by atoms with van der Waals surface area (Å²) in [5, 5.41) is 7.53. The zero-order valence-electron chi connectivity index (χ0n) is 19.6. The van der Waals surface area contributed by atoms with Crippen LogP contribution in [0, 0.1) is 11.3 Å². The number of nitrogens with one attached hydrogen (secondary N) is 1. The third kappa shape index (κ3) is 6.48. The molecule has 0 aromatic heterocycles. The van der Waals surface area contributed by atoms with Crippen molar-refractivity contribution in [3.63, 3.8) is 0 Å². The van der Waals surface area contributed by atoms with Gasteiger partial charge in [-0.3, -0.25) is 15.1 Å². The van der Waals surface area contributed by atoms with Crippen LogP contribution in [-0.2, 0) is 14.3 Å². The summed E-state index contributed by atoms with van der Waals surface area (Å²) >= 11 is 0. The number of piperazine rings is 1. The van der Waals surface area contributed by atoms with E-state index in [1.54, 1.807) is 0 Å². The van der Waals surface area contributed by atoms with Crippen molar-refractivity contribution in [3.8, 4) is 0 Å². The summed E-state index contributed by atoms with van der Waals surface area (Å²) in [7, 11) is 1.42. The standard InChI is InChI=1S/C22H40N6O4/c1-17-20(26-15-13-25(14-16-26)10-8-19(29)31-2)32-22(30)28(17)9-4-3-5-18-6-11-27(12-7-18)21(23)24/h17-18,20H,3-16H2,1-2H3,(H3,23,24). The minimum atomic E-state index is -0.203. The number of ether oxygens (including phenoxy) is 2. The molecule has 0 aliphatic carbocycles. The van der Waals surface area contributed by atoms with Crippen molar-refractivity contribution in [1.29, 1.82) is 5.41 Å². The lowest BCUT2D eigenvalue weighted by Gasteiger charge is -2.38. The number of nitrogens with two attached hydrogens (primary N) is 1. The van der Waals surface area contributed by atoms with Crippen LogP contribution in [0.3, 0.4) is 0 Å². The number of carbonyl (C=O) groups excluding carboxylic acids is 2. The fourth-order valence-corrected chi connectivity index (χ4v) is 5.03. The Hall–Kier alpha value is -2.07. The van der Waals surface area contributed by atoms with Crippen molar-refractivity contribution in [2.75, 3.05) is 59.5 Å². The first-order chi connectivity index (χ1) is 15.4. The highest BCUT2D eigenvalue weighted by atomic mass is 16.6. The molecule has 10 nitrogen and oxygen atoms in total. The van der Waals surface area contributed by atoms with E-state index in [0.717, 1.165) is 71.5 Å². The van der Waals surface area contributed by atoms with Crippen molar-refractivity contribution in [1.82, 2.24) is 19.6 Å². The van der Waals surface area contributed by atoms with Gasteiger partial charge in [-0.15, -0.1) is 0 Å². The summed E-state index contributed by atoms with van der Waals surface area (Å²) in [6.07, 6.45) is 5.46. The first kappa shape index (κ1) is 24.6. The van der Waals surface area contributed by atoms with Gasteiger partial charge < -0.3 is 29.9 Å². The minimum Gasteiger partial charge on any atom is -0.469 e. The molecular weight excluding hydrogens is 412 g/mol. The predicted octanol–water partition coefficient (Wildman–Crippen LogP) is 1.11. The van der Waals surface area contributed by atoms with Crippen LogP contribution in [-0.4, -0.2) is 109 Å². The second-order valence-corrected chi connectivity index (χ2v) is 9.22. The highest BCUT2D eigenvalue weighted by Crippen LogP contribution is 2.26. The normalized spacial score (nSPS) is 25.8. The summed E-state index contributed by atoms with van der Waals surface area (Å²) < 4.78 is 10.5. The molecule has 182 valence electrons. The number of guanidine groups is 1. The number of cyclic esters (lactones) is 1. The number of rotatable bonds is 9. The number of piperidine rings is 1. The maximum absolute atomic E-state index is 12.5. The van der Waals surface area contributed by atoms with Crippen LogP contribution in [0.1, 0.15) is 45.4 Å². The van der Waals surface area contributed by atoms with E-state index in [4.69, 9.17) is 20.6 Å². The number of esters is 1. The second-order valence-electron chi connectivity index (χ2n) is 9.22. The molecule has 0 saturated carbocycles. The molecule has 1 amide bonds. The molecule has 2 atom stereocenters. The lowest BCUT2D eigenvalue weighted by molar-refractivity contribution is -0.141. The third-order valence-electron chi connectivity index (χ3n) is 7.20. The molecule has 3 aliphatic heterocycles. The largest absolute Gasteiger partial charge is 0.469 e. The number of hydrogen-bond donors (Lipinski definition) is 2. The van der Waals surface area contributed by atoms with Crippen LogP contribution in [0.5, 0.6) is 0 Å². The summed E-state index contributed by atoms with van der Waals surface area (Å²) in [6.45, 7) is 8.67. The molecule has 32 heavy (non-hydrogen) atoms. The Morgan fingerprint density at radius 2 is 1.81 bits per heavy atom. The molecule has 2 unspecified atom stereocenters. The number of hydrogen-bond acceptors (Lipinski definition) is 7. The predicted molar refractivity (Wildman–Crippen MR) is 121 cm³/mol. The highest BCUT2D eigenvalue weighted by Gasteiger charge is 2.42. The van der Waals surface area contributed by atoms with E-state index in [2.05, 4.69) is 16.7 Å². The number of nitrogens with zero attached hydrogens (tertiary/aromatic N) is 4. The minimum absolute atomic E-state index is 0.0444. The van der Waals surface area contributed by atoms with E-state index in [0.29, 0.717) is 18.9 Å². The van der Waals surface area contributed by atoms with E-state index in [1.807, 2.05) is 9.80 Å². The maximum Gasteiger partial charge on any atom is 0.411 e. The molecule has 3 rings (SSSR count). The van der Waals surface area contributed by atoms with Gasteiger partial charge in [-0.05, 0) is 32.1 Å². The van der Waals surface area contributed by atoms with Crippen molar-refractivity contribution in [3.05, 3.63) is 0 Å². The molecule has 0 bridgehead atoms. The zero-order valence-corrected chi connectivity index (χ0v) is 19.6. The first-order valence-corrected chi connectivity index (χ1v) is 12.0. The van der Waals surface area contributed by atoms with E-state index < -0.39 is 0 Å². The first-order valence-electron chi connectivity index (χ1n) is 12.0. The molecule has 3 N–H and O–H groups in total. The zero-order chi connectivity index (χ0) is 23.1. The van der Waals surface area contributed by atoms with Gasteiger partial charge in [-0.2, -0.15) is 0 Å². The average molecular weight is 453 g/mol. The molecule has 10 heteroatoms. The van der Waals surface area contributed by atoms with Gasteiger partial charge in [0.1, 0.15) is 0 Å². The van der Waals surface area contributed by atoms with Crippen LogP contribution < -0.4 is 5.73 Å². The molecule has 0 radical (unpaired) electrons. The SMILES string of the molecule is COC(=O)CCN1CCN(C2OC(=O)N(CCCCC3CCN(C(=N)N)CC3)C2C)CC1. The lowest BCUT2D eigenvalue weighted by Crippen LogP contribution is -2.53. The van der Waals surface area contributed by atoms with Crippen molar-refractivity contribution in [2.24, 2.45) is 11.7 Å². The summed E-state index contributed by atoms with van der Waals surface area (Å²) in [6, 6.07) is 0.0444. The average Bonchev–Trinajstić information content (AvgIpc) is 3.09. The number of amides is 1. The van der Waals surface area contributed by atoms with Crippen molar-refractivity contribution in [2.45, 2.75) is 57.7 Å². The van der Waals surface area contributed by atoms with E-state index in [9.17, 15) is 9.59 Å². The fourth-order valence-electron chi connectivity index (χ4n) is 5.03. The number of likely N-dealkylation sites (tertiary alicyclic amines) is 1. The highest BCUT2D eigenvalue weighted by molar-refractivity contribution is 5.74. The molecule has 3 heterocycles. The Labute approximate surface area is 191 Å². The smallest absolute Gasteiger partial charge is 0.411 e. The van der Waals surface area contributed by atoms with Gasteiger partial charge in [-0.1, -0.05) is 12.8 Å². The molecule has 3 saturated heterocycles. The lowest BCUT2D eigenvalue weighted by atomic mass is 9.91. The monoisotopic (exact) mass is 452 g/mol. The summed E-state index contributed by atoms with van der Waals surface area (Å²) in [5.74, 6) is 0.696.